The summed E-state index contributed by atoms with van der Waals surface area (Å²) in [5, 5.41) is 0. The van der Waals surface area contributed by atoms with Gasteiger partial charge in [-0.05, 0) is 18.1 Å². The van der Waals surface area contributed by atoms with Gasteiger partial charge in [0.2, 0.25) is 0 Å². The van der Waals surface area contributed by atoms with E-state index < -0.39 is 0 Å². The molecule has 6 heteroatoms. The fourth-order valence-corrected chi connectivity index (χ4v) is 4.68. The number of benzene rings is 1. The Bertz CT molecular complexity index is 1000. The van der Waals surface area contributed by atoms with Crippen LogP contribution in [0.5, 0.6) is 5.75 Å². The lowest BCUT2D eigenvalue weighted by atomic mass is 9.84. The number of rotatable bonds is 3. The molecule has 4 heterocycles. The highest BCUT2D eigenvalue weighted by Gasteiger charge is 2.46. The molecule has 1 aromatic carbocycles. The largest absolute Gasteiger partial charge is 0.497 e. The minimum atomic E-state index is 0.0352. The standard InChI is InChI=1S/C22H23N3O3/c1-27-16-7-9-24-20(12-23-21(24)11-16)22(26)25-13-17(15-5-3-2-4-6-15)18-14-28-10-8-19(18)25/h2-7,9,11-12,17-19H,8,10,13-14H2,1H3. The summed E-state index contributed by atoms with van der Waals surface area (Å²) in [6, 6.07) is 14.4. The van der Waals surface area contributed by atoms with Crippen molar-refractivity contribution in [1.29, 1.82) is 0 Å². The van der Waals surface area contributed by atoms with E-state index in [4.69, 9.17) is 9.47 Å². The number of aromatic nitrogens is 2. The maximum atomic E-state index is 13.5. The van der Waals surface area contributed by atoms with Crippen LogP contribution in [-0.4, -0.2) is 53.1 Å². The number of likely N-dealkylation sites (tertiary alicyclic amines) is 1. The molecule has 0 aliphatic carbocycles. The molecule has 0 spiro atoms. The summed E-state index contributed by atoms with van der Waals surface area (Å²) in [4.78, 5) is 20.0. The number of methoxy groups -OCH3 is 1. The molecule has 2 saturated heterocycles. The third-order valence-corrected chi connectivity index (χ3v) is 6.10. The Kier molecular flexibility index (Phi) is 4.28. The van der Waals surface area contributed by atoms with Crippen molar-refractivity contribution < 1.29 is 14.3 Å². The van der Waals surface area contributed by atoms with Crippen LogP contribution in [0.15, 0.2) is 54.9 Å². The van der Waals surface area contributed by atoms with E-state index >= 15 is 0 Å². The second-order valence-corrected chi connectivity index (χ2v) is 7.51. The number of fused-ring (bicyclic) bond motifs is 2. The van der Waals surface area contributed by atoms with Gasteiger partial charge in [0.25, 0.3) is 5.91 Å². The Morgan fingerprint density at radius 1 is 1.25 bits per heavy atom. The average molecular weight is 377 g/mol. The zero-order chi connectivity index (χ0) is 19.1. The summed E-state index contributed by atoms with van der Waals surface area (Å²) in [6.45, 7) is 2.13. The number of imidazole rings is 1. The molecule has 6 nitrogen and oxygen atoms in total. The van der Waals surface area contributed by atoms with E-state index in [1.54, 1.807) is 13.3 Å². The van der Waals surface area contributed by atoms with Crippen LogP contribution in [0.1, 0.15) is 28.4 Å². The molecule has 1 amide bonds. The van der Waals surface area contributed by atoms with Crippen LogP contribution in [0.4, 0.5) is 0 Å². The van der Waals surface area contributed by atoms with Crippen molar-refractivity contribution in [2.24, 2.45) is 5.92 Å². The Hall–Kier alpha value is -2.86. The lowest BCUT2D eigenvalue weighted by Gasteiger charge is -2.32. The maximum Gasteiger partial charge on any atom is 0.272 e. The molecule has 0 radical (unpaired) electrons. The fourth-order valence-electron chi connectivity index (χ4n) is 4.68. The smallest absolute Gasteiger partial charge is 0.272 e. The highest BCUT2D eigenvalue weighted by molar-refractivity contribution is 5.94. The number of amides is 1. The molecular formula is C22H23N3O3. The van der Waals surface area contributed by atoms with E-state index in [0.29, 0.717) is 42.9 Å². The molecule has 2 aromatic heterocycles. The third-order valence-electron chi connectivity index (χ3n) is 6.10. The summed E-state index contributed by atoms with van der Waals surface area (Å²) < 4.78 is 12.9. The maximum absolute atomic E-state index is 13.5. The van der Waals surface area contributed by atoms with Gasteiger partial charge in [0.15, 0.2) is 0 Å². The van der Waals surface area contributed by atoms with Crippen molar-refractivity contribution in [3.8, 4) is 5.75 Å². The lowest BCUT2D eigenvalue weighted by molar-refractivity contribution is 0.0186. The molecule has 3 aromatic rings. The Balaban J connectivity index is 1.49. The molecule has 2 aliphatic heterocycles. The average Bonchev–Trinajstić information content (AvgIpc) is 3.35. The molecule has 0 saturated carbocycles. The molecule has 3 atom stereocenters. The number of hydrogen-bond donors (Lipinski definition) is 0. The second-order valence-electron chi connectivity index (χ2n) is 7.51. The topological polar surface area (TPSA) is 56.1 Å². The summed E-state index contributed by atoms with van der Waals surface area (Å²) in [5.41, 5.74) is 2.59. The van der Waals surface area contributed by atoms with Crippen LogP contribution in [0, 0.1) is 5.92 Å². The number of carbonyl (C=O) groups is 1. The molecule has 144 valence electrons. The normalized spacial score (nSPS) is 24.3. The van der Waals surface area contributed by atoms with Crippen LogP contribution >= 0.6 is 0 Å². The Morgan fingerprint density at radius 2 is 2.11 bits per heavy atom. The van der Waals surface area contributed by atoms with Gasteiger partial charge in [-0.1, -0.05) is 30.3 Å². The van der Waals surface area contributed by atoms with Gasteiger partial charge in [-0.25, -0.2) is 4.98 Å². The van der Waals surface area contributed by atoms with Gasteiger partial charge in [-0.3, -0.25) is 9.20 Å². The monoisotopic (exact) mass is 377 g/mol. The SMILES string of the molecule is COc1ccn2c(C(=O)N3CC(c4ccccc4)C4COCCC43)cnc2c1. The number of pyridine rings is 1. The quantitative estimate of drug-likeness (QED) is 0.704. The van der Waals surface area contributed by atoms with Crippen molar-refractivity contribution in [3.63, 3.8) is 0 Å². The van der Waals surface area contributed by atoms with E-state index in [2.05, 4.69) is 29.2 Å². The van der Waals surface area contributed by atoms with Crippen molar-refractivity contribution >= 4 is 11.6 Å². The summed E-state index contributed by atoms with van der Waals surface area (Å²) in [6.07, 6.45) is 4.40. The second kappa shape index (κ2) is 6.95. The van der Waals surface area contributed by atoms with Crippen molar-refractivity contribution in [2.75, 3.05) is 26.9 Å². The van der Waals surface area contributed by atoms with Crippen molar-refractivity contribution in [3.05, 3.63) is 66.1 Å². The van der Waals surface area contributed by atoms with Crippen LogP contribution < -0.4 is 4.74 Å². The van der Waals surface area contributed by atoms with Crippen LogP contribution in [-0.2, 0) is 4.74 Å². The number of ether oxygens (including phenoxy) is 2. The summed E-state index contributed by atoms with van der Waals surface area (Å²) >= 11 is 0. The zero-order valence-corrected chi connectivity index (χ0v) is 15.8. The van der Waals surface area contributed by atoms with Gasteiger partial charge in [0, 0.05) is 43.3 Å². The predicted octanol–water partition coefficient (Wildman–Crippen LogP) is 2.99. The molecular weight excluding hydrogens is 354 g/mol. The molecule has 0 bridgehead atoms. The van der Waals surface area contributed by atoms with E-state index in [1.165, 1.54) is 5.56 Å². The van der Waals surface area contributed by atoms with Gasteiger partial charge in [0.1, 0.15) is 17.1 Å². The zero-order valence-electron chi connectivity index (χ0n) is 15.8. The molecule has 2 aliphatic rings. The van der Waals surface area contributed by atoms with Gasteiger partial charge in [-0.15, -0.1) is 0 Å². The summed E-state index contributed by atoms with van der Waals surface area (Å²) in [5.74, 6) is 1.40. The van der Waals surface area contributed by atoms with E-state index in [9.17, 15) is 4.79 Å². The highest BCUT2D eigenvalue weighted by Crippen LogP contribution is 2.41. The summed E-state index contributed by atoms with van der Waals surface area (Å²) in [7, 11) is 1.63. The first-order valence-electron chi connectivity index (χ1n) is 9.71. The van der Waals surface area contributed by atoms with E-state index in [1.807, 2.05) is 33.7 Å². The number of carbonyl (C=O) groups excluding carboxylic acids is 1. The van der Waals surface area contributed by atoms with Crippen LogP contribution in [0.2, 0.25) is 0 Å². The third kappa shape index (κ3) is 2.76. The first-order chi connectivity index (χ1) is 13.8. The molecule has 2 fully saturated rings. The first-order valence-corrected chi connectivity index (χ1v) is 9.71. The predicted molar refractivity (Wildman–Crippen MR) is 105 cm³/mol. The van der Waals surface area contributed by atoms with Crippen molar-refractivity contribution in [1.82, 2.24) is 14.3 Å². The lowest BCUT2D eigenvalue weighted by Crippen LogP contribution is -2.42. The molecule has 3 unspecified atom stereocenters. The number of nitrogens with zero attached hydrogens (tertiary/aromatic N) is 3. The number of hydrogen-bond acceptors (Lipinski definition) is 4. The van der Waals surface area contributed by atoms with Gasteiger partial charge >= 0.3 is 0 Å². The van der Waals surface area contributed by atoms with E-state index in [0.717, 1.165) is 12.2 Å². The van der Waals surface area contributed by atoms with E-state index in [-0.39, 0.29) is 11.9 Å². The minimum Gasteiger partial charge on any atom is -0.497 e. The molecule has 0 N–H and O–H groups in total. The Morgan fingerprint density at radius 3 is 2.93 bits per heavy atom. The highest BCUT2D eigenvalue weighted by atomic mass is 16.5. The molecule has 5 rings (SSSR count). The van der Waals surface area contributed by atoms with Crippen LogP contribution in [0.3, 0.4) is 0 Å². The van der Waals surface area contributed by atoms with Crippen molar-refractivity contribution in [2.45, 2.75) is 18.4 Å². The van der Waals surface area contributed by atoms with Gasteiger partial charge < -0.3 is 14.4 Å². The van der Waals surface area contributed by atoms with Gasteiger partial charge in [-0.2, -0.15) is 0 Å². The van der Waals surface area contributed by atoms with Crippen LogP contribution in [0.25, 0.3) is 5.65 Å². The molecule has 28 heavy (non-hydrogen) atoms. The minimum absolute atomic E-state index is 0.0352. The first kappa shape index (κ1) is 17.3. The fraction of sp³-hybridized carbons (Fsp3) is 0.364. The van der Waals surface area contributed by atoms with Gasteiger partial charge in [0.05, 0.1) is 19.9 Å². The Labute approximate surface area is 163 Å².